The molecule has 0 aromatic carbocycles. The number of nitrogens with zero attached hydrogens (tertiary/aromatic N) is 1. The van der Waals surface area contributed by atoms with E-state index in [-0.39, 0.29) is 18.1 Å². The van der Waals surface area contributed by atoms with Crippen molar-refractivity contribution in [2.45, 2.75) is 70.7 Å². The van der Waals surface area contributed by atoms with E-state index in [1.807, 2.05) is 13.8 Å². The molecule has 1 saturated carbocycles. The van der Waals surface area contributed by atoms with Crippen LogP contribution in [0.5, 0.6) is 0 Å². The number of carboxylic acid groups (broad SMARTS) is 1. The Morgan fingerprint density at radius 2 is 2.14 bits per heavy atom. The van der Waals surface area contributed by atoms with Gasteiger partial charge < -0.3 is 9.84 Å². The molecule has 2 aliphatic rings. The number of nitrogens with one attached hydrogen (secondary N) is 1. The fourth-order valence-corrected chi connectivity index (χ4v) is 3.49. The van der Waals surface area contributed by atoms with Crippen molar-refractivity contribution >= 4 is 5.97 Å². The zero-order valence-corrected chi connectivity index (χ0v) is 13.8. The molecule has 3 atom stereocenters. The minimum atomic E-state index is -0.807. The predicted molar refractivity (Wildman–Crippen MR) is 82.4 cm³/mol. The second-order valence-corrected chi connectivity index (χ2v) is 6.99. The van der Waals surface area contributed by atoms with Gasteiger partial charge in [0.2, 0.25) is 0 Å². The summed E-state index contributed by atoms with van der Waals surface area (Å²) < 4.78 is 5.73. The van der Waals surface area contributed by atoms with Crippen molar-refractivity contribution in [2.75, 3.05) is 19.7 Å². The molecular formula is C16H30N2O3. The lowest BCUT2D eigenvalue weighted by Gasteiger charge is -2.44. The van der Waals surface area contributed by atoms with E-state index < -0.39 is 11.5 Å². The molecule has 2 N–H and O–H groups in total. The molecule has 1 saturated heterocycles. The molecule has 21 heavy (non-hydrogen) atoms. The lowest BCUT2D eigenvalue weighted by atomic mass is 9.90. The quantitative estimate of drug-likeness (QED) is 0.749. The summed E-state index contributed by atoms with van der Waals surface area (Å²) in [5.74, 6) is -0.444. The Morgan fingerprint density at radius 1 is 1.48 bits per heavy atom. The first-order valence-corrected chi connectivity index (χ1v) is 8.25. The van der Waals surface area contributed by atoms with Gasteiger partial charge in [0, 0.05) is 25.2 Å². The smallest absolute Gasteiger partial charge is 0.325 e. The first kappa shape index (κ1) is 16.7. The van der Waals surface area contributed by atoms with Crippen molar-refractivity contribution in [1.82, 2.24) is 10.2 Å². The summed E-state index contributed by atoms with van der Waals surface area (Å²) in [6.07, 6.45) is 3.21. The van der Waals surface area contributed by atoms with Gasteiger partial charge in [0.1, 0.15) is 5.54 Å². The van der Waals surface area contributed by atoms with Gasteiger partial charge in [0.15, 0.2) is 0 Å². The van der Waals surface area contributed by atoms with Crippen molar-refractivity contribution in [2.24, 2.45) is 5.92 Å². The second kappa shape index (κ2) is 6.63. The fraction of sp³-hybridized carbons (Fsp3) is 0.938. The van der Waals surface area contributed by atoms with Gasteiger partial charge in [0.25, 0.3) is 0 Å². The van der Waals surface area contributed by atoms with Crippen LogP contribution >= 0.6 is 0 Å². The highest BCUT2D eigenvalue weighted by Gasteiger charge is 2.53. The number of rotatable bonds is 7. The number of carbonyl (C=O) groups is 1. The lowest BCUT2D eigenvalue weighted by Crippen LogP contribution is -2.65. The minimum Gasteiger partial charge on any atom is -0.480 e. The topological polar surface area (TPSA) is 61.8 Å². The average Bonchev–Trinajstić information content (AvgIpc) is 3.21. The fourth-order valence-electron chi connectivity index (χ4n) is 3.49. The molecular weight excluding hydrogens is 268 g/mol. The summed E-state index contributed by atoms with van der Waals surface area (Å²) >= 11 is 0. The van der Waals surface area contributed by atoms with Crippen LogP contribution in [0.15, 0.2) is 0 Å². The monoisotopic (exact) mass is 298 g/mol. The van der Waals surface area contributed by atoms with Crippen LogP contribution in [0.4, 0.5) is 0 Å². The zero-order chi connectivity index (χ0) is 15.6. The molecule has 0 aromatic rings. The third kappa shape index (κ3) is 3.76. The number of aliphatic carboxylic acids is 1. The molecule has 3 unspecified atom stereocenters. The zero-order valence-electron chi connectivity index (χ0n) is 13.8. The van der Waals surface area contributed by atoms with Crippen LogP contribution < -0.4 is 5.32 Å². The van der Waals surface area contributed by atoms with Gasteiger partial charge >= 0.3 is 5.97 Å². The van der Waals surface area contributed by atoms with E-state index in [1.54, 1.807) is 0 Å². The van der Waals surface area contributed by atoms with Gasteiger partial charge in [-0.25, -0.2) is 0 Å². The number of hydrogen-bond acceptors (Lipinski definition) is 4. The van der Waals surface area contributed by atoms with Crippen LogP contribution in [0.2, 0.25) is 0 Å². The average molecular weight is 298 g/mol. The van der Waals surface area contributed by atoms with Crippen molar-refractivity contribution in [1.29, 1.82) is 0 Å². The molecule has 0 amide bonds. The molecule has 0 bridgehead atoms. The third-order valence-corrected chi connectivity index (χ3v) is 4.71. The highest BCUT2D eigenvalue weighted by molar-refractivity contribution is 5.80. The molecule has 2 rings (SSSR count). The van der Waals surface area contributed by atoms with Crippen molar-refractivity contribution in [3.8, 4) is 0 Å². The van der Waals surface area contributed by atoms with Crippen LogP contribution in [0.3, 0.4) is 0 Å². The highest BCUT2D eigenvalue weighted by atomic mass is 16.5. The second-order valence-electron chi connectivity index (χ2n) is 6.99. The maximum Gasteiger partial charge on any atom is 0.325 e. The van der Waals surface area contributed by atoms with Crippen molar-refractivity contribution in [3.63, 3.8) is 0 Å². The first-order chi connectivity index (χ1) is 9.89. The van der Waals surface area contributed by atoms with E-state index in [9.17, 15) is 9.90 Å². The molecule has 5 nitrogen and oxygen atoms in total. The number of ether oxygens (including phenoxy) is 1. The van der Waals surface area contributed by atoms with E-state index in [4.69, 9.17) is 4.74 Å². The Balaban J connectivity index is 2.18. The maximum absolute atomic E-state index is 12.1. The van der Waals surface area contributed by atoms with E-state index in [0.717, 1.165) is 25.8 Å². The minimum absolute atomic E-state index is 0.167. The van der Waals surface area contributed by atoms with Gasteiger partial charge in [-0.05, 0) is 46.0 Å². The van der Waals surface area contributed by atoms with E-state index >= 15 is 0 Å². The van der Waals surface area contributed by atoms with Crippen molar-refractivity contribution < 1.29 is 14.6 Å². The molecule has 1 aliphatic heterocycles. The largest absolute Gasteiger partial charge is 0.480 e. The number of carboxylic acids is 1. The molecule has 0 spiro atoms. The number of morpholine rings is 1. The van der Waals surface area contributed by atoms with Crippen LogP contribution in [-0.4, -0.2) is 59.4 Å². The Morgan fingerprint density at radius 3 is 2.62 bits per heavy atom. The summed E-state index contributed by atoms with van der Waals surface area (Å²) in [5.41, 5.74) is -0.807. The maximum atomic E-state index is 12.1. The summed E-state index contributed by atoms with van der Waals surface area (Å²) in [7, 11) is 0. The molecule has 2 fully saturated rings. The molecule has 5 heteroatoms. The predicted octanol–water partition coefficient (Wildman–Crippen LogP) is 1.72. The van der Waals surface area contributed by atoms with Gasteiger partial charge in [0.05, 0.1) is 12.7 Å². The summed E-state index contributed by atoms with van der Waals surface area (Å²) in [6, 6.07) is 0.493. The molecule has 0 radical (unpaired) electrons. The Bertz CT molecular complexity index is 371. The molecule has 1 heterocycles. The van der Waals surface area contributed by atoms with E-state index in [1.165, 1.54) is 0 Å². The highest BCUT2D eigenvalue weighted by Crippen LogP contribution is 2.41. The summed E-state index contributed by atoms with van der Waals surface area (Å²) in [6.45, 7) is 10.4. The number of hydrogen-bond donors (Lipinski definition) is 2. The standard InChI is InChI=1S/C16H30N2O3/c1-5-14-9-21-12(4)8-18(14)10-16(15(19)20,13-6-7-13)17-11(2)3/h11-14,17H,5-10H2,1-4H3,(H,19,20). The van der Waals surface area contributed by atoms with Gasteiger partial charge in [-0.15, -0.1) is 0 Å². The Hall–Kier alpha value is -0.650. The van der Waals surface area contributed by atoms with E-state index in [0.29, 0.717) is 19.2 Å². The van der Waals surface area contributed by atoms with Crippen LogP contribution in [-0.2, 0) is 9.53 Å². The van der Waals surface area contributed by atoms with Gasteiger partial charge in [-0.2, -0.15) is 0 Å². The van der Waals surface area contributed by atoms with Crippen LogP contribution in [0.25, 0.3) is 0 Å². The van der Waals surface area contributed by atoms with Gasteiger partial charge in [-0.3, -0.25) is 15.0 Å². The molecule has 1 aliphatic carbocycles. The first-order valence-electron chi connectivity index (χ1n) is 8.25. The Labute approximate surface area is 128 Å². The molecule has 122 valence electrons. The van der Waals surface area contributed by atoms with Crippen molar-refractivity contribution in [3.05, 3.63) is 0 Å². The van der Waals surface area contributed by atoms with Crippen LogP contribution in [0.1, 0.15) is 47.0 Å². The summed E-state index contributed by atoms with van der Waals surface area (Å²) in [4.78, 5) is 14.4. The SMILES string of the molecule is CCC1COC(C)CN1CC(NC(C)C)(C(=O)O)C1CC1. The normalized spacial score (nSPS) is 30.3. The lowest BCUT2D eigenvalue weighted by molar-refractivity contribution is -0.149. The van der Waals surface area contributed by atoms with Crippen LogP contribution in [0, 0.1) is 5.92 Å². The Kier molecular flexibility index (Phi) is 5.28. The molecule has 0 aromatic heterocycles. The van der Waals surface area contributed by atoms with Gasteiger partial charge in [-0.1, -0.05) is 6.92 Å². The summed E-state index contributed by atoms with van der Waals surface area (Å²) in [5, 5.41) is 13.3. The van der Waals surface area contributed by atoms with E-state index in [2.05, 4.69) is 24.1 Å². The third-order valence-electron chi connectivity index (χ3n) is 4.71.